The summed E-state index contributed by atoms with van der Waals surface area (Å²) in [5.74, 6) is 1.32. The van der Waals surface area contributed by atoms with Crippen molar-refractivity contribution in [3.05, 3.63) is 29.8 Å². The summed E-state index contributed by atoms with van der Waals surface area (Å²) >= 11 is 0. The zero-order chi connectivity index (χ0) is 19.6. The summed E-state index contributed by atoms with van der Waals surface area (Å²) in [5, 5.41) is 13.5. The van der Waals surface area contributed by atoms with Crippen molar-refractivity contribution in [2.24, 2.45) is 11.3 Å². The molecule has 5 nitrogen and oxygen atoms in total. The minimum absolute atomic E-state index is 0. The van der Waals surface area contributed by atoms with Crippen LogP contribution in [0.1, 0.15) is 50.5 Å². The number of carbonyl (C=O) groups excluding carboxylic acids is 1. The predicted molar refractivity (Wildman–Crippen MR) is 117 cm³/mol. The van der Waals surface area contributed by atoms with E-state index in [1.807, 2.05) is 12.1 Å². The normalized spacial score (nSPS) is 25.4. The van der Waals surface area contributed by atoms with Gasteiger partial charge in [-0.25, -0.2) is 0 Å². The van der Waals surface area contributed by atoms with E-state index in [2.05, 4.69) is 22.3 Å². The van der Waals surface area contributed by atoms with Crippen molar-refractivity contribution in [2.75, 3.05) is 39.9 Å². The first-order chi connectivity index (χ1) is 13.6. The van der Waals surface area contributed by atoms with Crippen molar-refractivity contribution in [1.29, 1.82) is 0 Å². The van der Waals surface area contributed by atoms with Gasteiger partial charge < -0.3 is 20.1 Å². The number of methoxy groups -OCH3 is 1. The van der Waals surface area contributed by atoms with Gasteiger partial charge in [-0.2, -0.15) is 0 Å². The summed E-state index contributed by atoms with van der Waals surface area (Å²) in [6.07, 6.45) is 7.36. The maximum absolute atomic E-state index is 14.0. The molecular formula is C23H35ClN2O3. The second-order valence-corrected chi connectivity index (χ2v) is 9.05. The number of nitrogens with one attached hydrogen (secondary N) is 1. The first-order valence-electron chi connectivity index (χ1n) is 10.9. The Morgan fingerprint density at radius 1 is 1.14 bits per heavy atom. The third-order valence-corrected chi connectivity index (χ3v) is 7.68. The van der Waals surface area contributed by atoms with E-state index in [1.54, 1.807) is 7.11 Å². The van der Waals surface area contributed by atoms with Crippen LogP contribution in [-0.2, 0) is 10.2 Å². The van der Waals surface area contributed by atoms with E-state index in [9.17, 15) is 9.90 Å². The molecule has 29 heavy (non-hydrogen) atoms. The fourth-order valence-electron chi connectivity index (χ4n) is 5.92. The minimum atomic E-state index is -0.414. The topological polar surface area (TPSA) is 61.8 Å². The van der Waals surface area contributed by atoms with E-state index in [4.69, 9.17) is 4.74 Å². The lowest BCUT2D eigenvalue weighted by molar-refractivity contribution is -0.138. The number of ether oxygens (including phenoxy) is 1. The van der Waals surface area contributed by atoms with Crippen LogP contribution in [0, 0.1) is 11.3 Å². The Labute approximate surface area is 180 Å². The zero-order valence-corrected chi connectivity index (χ0v) is 18.3. The van der Waals surface area contributed by atoms with Gasteiger partial charge in [0, 0.05) is 25.6 Å². The quantitative estimate of drug-likeness (QED) is 0.782. The highest BCUT2D eigenvalue weighted by Gasteiger charge is 2.52. The van der Waals surface area contributed by atoms with E-state index in [0.717, 1.165) is 69.5 Å². The zero-order valence-electron chi connectivity index (χ0n) is 17.5. The summed E-state index contributed by atoms with van der Waals surface area (Å²) in [5.41, 5.74) is 0.804. The van der Waals surface area contributed by atoms with Gasteiger partial charge in [0.25, 0.3) is 0 Å². The number of piperidine rings is 1. The Kier molecular flexibility index (Phi) is 7.13. The lowest BCUT2D eigenvalue weighted by Gasteiger charge is -2.40. The first kappa shape index (κ1) is 22.4. The first-order valence-corrected chi connectivity index (χ1v) is 10.9. The molecule has 1 aliphatic carbocycles. The van der Waals surface area contributed by atoms with Crippen molar-refractivity contribution in [2.45, 2.75) is 50.4 Å². The Morgan fingerprint density at radius 2 is 1.79 bits per heavy atom. The summed E-state index contributed by atoms with van der Waals surface area (Å²) in [6.45, 7) is 3.66. The van der Waals surface area contributed by atoms with Crippen molar-refractivity contribution in [3.8, 4) is 5.75 Å². The lowest BCUT2D eigenvalue weighted by Crippen LogP contribution is -2.48. The van der Waals surface area contributed by atoms with Crippen LogP contribution < -0.4 is 10.1 Å². The van der Waals surface area contributed by atoms with Crippen LogP contribution >= 0.6 is 12.4 Å². The van der Waals surface area contributed by atoms with Gasteiger partial charge in [0.05, 0.1) is 12.5 Å². The molecule has 1 amide bonds. The van der Waals surface area contributed by atoms with Crippen LogP contribution in [0.3, 0.4) is 0 Å². The maximum Gasteiger partial charge on any atom is 0.233 e. The molecule has 162 valence electrons. The van der Waals surface area contributed by atoms with Crippen LogP contribution in [0.15, 0.2) is 24.3 Å². The number of aliphatic hydroxyl groups is 1. The van der Waals surface area contributed by atoms with E-state index < -0.39 is 5.41 Å². The van der Waals surface area contributed by atoms with Gasteiger partial charge in [0.15, 0.2) is 0 Å². The van der Waals surface area contributed by atoms with E-state index in [1.165, 1.54) is 6.42 Å². The Bertz CT molecular complexity index is 682. The van der Waals surface area contributed by atoms with Crippen LogP contribution in [0.2, 0.25) is 0 Å². The van der Waals surface area contributed by atoms with E-state index in [-0.39, 0.29) is 36.3 Å². The van der Waals surface area contributed by atoms with Crippen molar-refractivity contribution in [3.63, 3.8) is 0 Å². The van der Waals surface area contributed by atoms with Crippen molar-refractivity contribution >= 4 is 18.3 Å². The molecular weight excluding hydrogens is 388 g/mol. The number of amides is 1. The van der Waals surface area contributed by atoms with Gasteiger partial charge in [-0.1, -0.05) is 31.4 Å². The molecule has 2 N–H and O–H groups in total. The maximum atomic E-state index is 14.0. The molecule has 1 aromatic carbocycles. The smallest absolute Gasteiger partial charge is 0.233 e. The largest absolute Gasteiger partial charge is 0.497 e. The van der Waals surface area contributed by atoms with Crippen LogP contribution in [0.4, 0.5) is 0 Å². The summed E-state index contributed by atoms with van der Waals surface area (Å²) in [7, 11) is 1.67. The molecule has 0 bridgehead atoms. The predicted octanol–water partition coefficient (Wildman–Crippen LogP) is 3.14. The van der Waals surface area contributed by atoms with E-state index >= 15 is 0 Å². The van der Waals surface area contributed by atoms with Gasteiger partial charge >= 0.3 is 0 Å². The SMILES string of the molecule is COc1ccc(C2(C(=O)N3CC(CO)C4(CCNCC4)C3)CCCCC2)cc1.Cl. The number of halogens is 1. The molecule has 1 unspecified atom stereocenters. The molecule has 0 aromatic heterocycles. The molecule has 6 heteroatoms. The van der Waals surface area contributed by atoms with Crippen LogP contribution in [0.25, 0.3) is 0 Å². The molecule has 3 aliphatic rings. The van der Waals surface area contributed by atoms with Crippen molar-refractivity contribution < 1.29 is 14.6 Å². The molecule has 1 saturated carbocycles. The Balaban J connectivity index is 0.00000240. The standard InChI is InChI=1S/C23H34N2O3.ClH/c1-28-20-7-5-18(6-8-20)23(9-3-2-4-10-23)21(27)25-15-19(16-26)22(17-25)11-13-24-14-12-22;/h5-8,19,24,26H,2-4,9-17H2,1H3;1H. The van der Waals surface area contributed by atoms with E-state index in [0.29, 0.717) is 6.54 Å². The highest BCUT2D eigenvalue weighted by molar-refractivity contribution is 5.89. The van der Waals surface area contributed by atoms with Crippen LogP contribution in [0.5, 0.6) is 5.75 Å². The fraction of sp³-hybridized carbons (Fsp3) is 0.696. The summed E-state index contributed by atoms with van der Waals surface area (Å²) in [6, 6.07) is 8.13. The Morgan fingerprint density at radius 3 is 2.38 bits per heavy atom. The number of hydrogen-bond donors (Lipinski definition) is 2. The van der Waals surface area contributed by atoms with Gasteiger partial charge in [-0.05, 0) is 61.9 Å². The molecule has 3 fully saturated rings. The fourth-order valence-corrected chi connectivity index (χ4v) is 5.92. The molecule has 1 atom stereocenters. The number of nitrogens with zero attached hydrogens (tertiary/aromatic N) is 1. The summed E-state index contributed by atoms with van der Waals surface area (Å²) < 4.78 is 5.32. The van der Waals surface area contributed by atoms with Gasteiger partial charge in [-0.3, -0.25) is 4.79 Å². The lowest BCUT2D eigenvalue weighted by atomic mass is 9.68. The average molecular weight is 423 g/mol. The van der Waals surface area contributed by atoms with Gasteiger partial charge in [-0.15, -0.1) is 12.4 Å². The highest BCUT2D eigenvalue weighted by Crippen LogP contribution is 2.47. The summed E-state index contributed by atoms with van der Waals surface area (Å²) in [4.78, 5) is 16.1. The molecule has 2 aliphatic heterocycles. The molecule has 0 radical (unpaired) electrons. The second kappa shape index (κ2) is 9.23. The number of hydrogen-bond acceptors (Lipinski definition) is 4. The number of benzene rings is 1. The average Bonchev–Trinajstić information content (AvgIpc) is 3.11. The van der Waals surface area contributed by atoms with Gasteiger partial charge in [0.2, 0.25) is 5.91 Å². The third-order valence-electron chi connectivity index (χ3n) is 7.68. The second-order valence-electron chi connectivity index (χ2n) is 9.05. The molecule has 4 rings (SSSR count). The minimum Gasteiger partial charge on any atom is -0.497 e. The highest BCUT2D eigenvalue weighted by atomic mass is 35.5. The molecule has 1 spiro atoms. The number of likely N-dealkylation sites (tertiary alicyclic amines) is 1. The van der Waals surface area contributed by atoms with Crippen molar-refractivity contribution in [1.82, 2.24) is 10.2 Å². The Hall–Kier alpha value is -1.30. The number of carbonyl (C=O) groups is 1. The monoisotopic (exact) mass is 422 g/mol. The number of aliphatic hydroxyl groups excluding tert-OH is 1. The number of rotatable bonds is 4. The molecule has 1 aromatic rings. The molecule has 2 heterocycles. The van der Waals surface area contributed by atoms with Crippen LogP contribution in [-0.4, -0.2) is 55.8 Å². The third kappa shape index (κ3) is 4.01. The van der Waals surface area contributed by atoms with Gasteiger partial charge in [0.1, 0.15) is 5.75 Å². The molecule has 2 saturated heterocycles.